The van der Waals surface area contributed by atoms with Crippen molar-refractivity contribution in [3.05, 3.63) is 169 Å². The second kappa shape index (κ2) is 13.7. The zero-order chi connectivity index (χ0) is 39.0. The van der Waals surface area contributed by atoms with Crippen LogP contribution in [0.25, 0.3) is 66.8 Å². The molecule has 0 atom stereocenters. The molecule has 8 aromatic rings. The van der Waals surface area contributed by atoms with Gasteiger partial charge < -0.3 is 4.57 Å². The van der Waals surface area contributed by atoms with E-state index in [1.165, 1.54) is 59.6 Å². The van der Waals surface area contributed by atoms with E-state index in [9.17, 15) is 4.57 Å². The van der Waals surface area contributed by atoms with Gasteiger partial charge in [-0.3, -0.25) is 0 Å². The molecule has 4 aliphatic carbocycles. The van der Waals surface area contributed by atoms with Gasteiger partial charge >= 0.3 is 0 Å². The molecule has 0 amide bonds. The molecule has 4 saturated carbocycles. The summed E-state index contributed by atoms with van der Waals surface area (Å²) in [7, 11) is -2.30. The largest absolute Gasteiger partial charge is 0.319 e. The average Bonchev–Trinajstić information content (AvgIpc) is 3.26. The Balaban J connectivity index is 1.03. The zero-order valence-electron chi connectivity index (χ0n) is 33.1. The van der Waals surface area contributed by atoms with Crippen LogP contribution < -0.4 is 5.30 Å². The molecule has 1 heterocycles. The summed E-state index contributed by atoms with van der Waals surface area (Å²) in [4.78, 5) is 15.7. The van der Waals surface area contributed by atoms with E-state index in [4.69, 9.17) is 15.0 Å². The van der Waals surface area contributed by atoms with E-state index >= 15 is 0 Å². The third-order valence-electron chi connectivity index (χ3n) is 13.9. The fourth-order valence-electron chi connectivity index (χ4n) is 11.5. The van der Waals surface area contributed by atoms with Crippen LogP contribution in [0.4, 0.5) is 0 Å². The van der Waals surface area contributed by atoms with E-state index in [-0.39, 0.29) is 5.41 Å². The number of nitrogens with zero attached hydrogens (tertiary/aromatic N) is 3. The van der Waals surface area contributed by atoms with Gasteiger partial charge in [-0.2, -0.15) is 0 Å². The lowest BCUT2D eigenvalue weighted by molar-refractivity contribution is -0.0418. The predicted molar refractivity (Wildman–Crippen MR) is 240 cm³/mol. The number of fused-ring (bicyclic) bond motifs is 2. The van der Waals surface area contributed by atoms with Crippen molar-refractivity contribution in [2.45, 2.75) is 37.5 Å². The molecule has 4 nitrogen and oxygen atoms in total. The summed E-state index contributed by atoms with van der Waals surface area (Å²) in [5.74, 6) is 4.99. The minimum absolute atomic E-state index is 0.0350. The van der Waals surface area contributed by atoms with Crippen LogP contribution in [-0.2, 0) is 9.98 Å². The molecule has 284 valence electrons. The minimum Gasteiger partial charge on any atom is -0.319 e. The topological polar surface area (TPSA) is 55.7 Å². The van der Waals surface area contributed by atoms with Crippen molar-refractivity contribution >= 4 is 34.0 Å². The summed E-state index contributed by atoms with van der Waals surface area (Å²) >= 11 is 0. The van der Waals surface area contributed by atoms with Gasteiger partial charge in [-0.05, 0) is 119 Å². The van der Waals surface area contributed by atoms with Crippen molar-refractivity contribution in [3.8, 4) is 45.3 Å². The molecule has 4 aliphatic rings. The van der Waals surface area contributed by atoms with Crippen molar-refractivity contribution < 1.29 is 4.57 Å². The van der Waals surface area contributed by atoms with Gasteiger partial charge in [-0.1, -0.05) is 152 Å². The first-order valence-electron chi connectivity index (χ1n) is 20.9. The molecule has 4 fully saturated rings. The second-order valence-electron chi connectivity index (χ2n) is 17.6. The second-order valence-corrected chi connectivity index (χ2v) is 20.8. The Labute approximate surface area is 340 Å². The maximum Gasteiger partial charge on any atom is 0.165 e. The summed E-state index contributed by atoms with van der Waals surface area (Å²) in [5, 5.41) is 5.52. The van der Waals surface area contributed by atoms with Gasteiger partial charge in [0, 0.05) is 27.4 Å². The fourth-order valence-corrected chi connectivity index (χ4v) is 12.3. The lowest BCUT2D eigenvalue weighted by Crippen LogP contribution is -2.56. The highest BCUT2D eigenvalue weighted by Crippen LogP contribution is 2.65. The summed E-state index contributed by atoms with van der Waals surface area (Å²) in [5.41, 5.74) is 8.19. The Kier molecular flexibility index (Phi) is 8.38. The Morgan fingerprint density at radius 1 is 0.466 bits per heavy atom. The summed E-state index contributed by atoms with van der Waals surface area (Å²) < 4.78 is 12.7. The van der Waals surface area contributed by atoms with Crippen LogP contribution in [0, 0.1) is 23.7 Å². The zero-order valence-corrected chi connectivity index (χ0v) is 33.9. The molecular weight excluding hydrogens is 726 g/mol. The summed E-state index contributed by atoms with van der Waals surface area (Å²) in [6.07, 6.45) is 6.64. The van der Waals surface area contributed by atoms with Crippen LogP contribution in [0.2, 0.25) is 0 Å². The Bertz CT molecular complexity index is 2800. The van der Waals surface area contributed by atoms with Crippen molar-refractivity contribution in [3.63, 3.8) is 0 Å². The first-order chi connectivity index (χ1) is 28.3. The van der Waals surface area contributed by atoms with E-state index in [1.54, 1.807) is 0 Å². The Morgan fingerprint density at radius 2 is 0.897 bits per heavy atom. The van der Waals surface area contributed by atoms with Gasteiger partial charge in [-0.25, -0.2) is 15.0 Å². The maximum absolute atomic E-state index is 12.7. The SMILES string of the molecule is CP(C)(=O)c1ccc(-c2ccc(C3(c4ccc(-c5nc(-c6ccccc6)nc(-c6c7ccccc7cc7ccccc67)n5)cc4)C4CC5CC(C4)CC3C5)cc2)cc1. The van der Waals surface area contributed by atoms with Gasteiger partial charge in [0.2, 0.25) is 0 Å². The van der Waals surface area contributed by atoms with Crippen LogP contribution in [0.15, 0.2) is 158 Å². The van der Waals surface area contributed by atoms with Crippen LogP contribution in [0.1, 0.15) is 43.2 Å². The van der Waals surface area contributed by atoms with Crippen molar-refractivity contribution in [2.24, 2.45) is 23.7 Å². The summed E-state index contributed by atoms with van der Waals surface area (Å²) in [6.45, 7) is 3.68. The molecule has 5 heteroatoms. The lowest BCUT2D eigenvalue weighted by atomic mass is 9.42. The third-order valence-corrected chi connectivity index (χ3v) is 15.4. The Hall–Kier alpha value is -5.70. The Morgan fingerprint density at radius 3 is 1.41 bits per heavy atom. The highest BCUT2D eigenvalue weighted by Gasteiger charge is 2.58. The quantitative estimate of drug-likeness (QED) is 0.120. The van der Waals surface area contributed by atoms with E-state index in [1.807, 2.05) is 43.7 Å². The third kappa shape index (κ3) is 5.87. The number of hydrogen-bond acceptors (Lipinski definition) is 4. The molecule has 0 N–H and O–H groups in total. The number of hydrogen-bond donors (Lipinski definition) is 0. The number of rotatable bonds is 7. The molecule has 0 unspecified atom stereocenters. The van der Waals surface area contributed by atoms with E-state index < -0.39 is 7.14 Å². The van der Waals surface area contributed by atoms with E-state index in [2.05, 4.69) is 127 Å². The number of aromatic nitrogens is 3. The highest BCUT2D eigenvalue weighted by atomic mass is 31.2. The standard InChI is InChI=1S/C53H46N3OP/c1-58(2,57)46-26-20-37(21-27-46)36-16-22-42(23-17-36)53(44-29-34-28-35(31-44)32-45(53)30-34)43-24-18-39(19-25-43)51-54-50(38-10-4-3-5-11-38)55-52(56-51)49-47-14-8-6-12-40(47)33-41-13-7-9-15-48(41)49/h3-27,33-35,44-45H,28-32H2,1-2H3. The van der Waals surface area contributed by atoms with Crippen LogP contribution in [-0.4, -0.2) is 28.3 Å². The molecule has 58 heavy (non-hydrogen) atoms. The van der Waals surface area contributed by atoms with Gasteiger partial charge in [0.05, 0.1) is 0 Å². The lowest BCUT2D eigenvalue weighted by Gasteiger charge is -2.62. The van der Waals surface area contributed by atoms with Crippen molar-refractivity contribution in [2.75, 3.05) is 13.3 Å². The fraction of sp³-hybridized carbons (Fsp3) is 0.226. The van der Waals surface area contributed by atoms with Crippen LogP contribution in [0.5, 0.6) is 0 Å². The average molecular weight is 772 g/mol. The van der Waals surface area contributed by atoms with Crippen molar-refractivity contribution in [1.82, 2.24) is 15.0 Å². The van der Waals surface area contributed by atoms with E-state index in [0.29, 0.717) is 29.3 Å². The highest BCUT2D eigenvalue weighted by molar-refractivity contribution is 7.70. The van der Waals surface area contributed by atoms with Crippen molar-refractivity contribution in [1.29, 1.82) is 0 Å². The van der Waals surface area contributed by atoms with Gasteiger partial charge in [0.15, 0.2) is 17.5 Å². The molecule has 7 aromatic carbocycles. The molecule has 0 saturated heterocycles. The van der Waals surface area contributed by atoms with Crippen LogP contribution in [0.3, 0.4) is 0 Å². The van der Waals surface area contributed by atoms with Crippen LogP contribution >= 0.6 is 7.14 Å². The smallest absolute Gasteiger partial charge is 0.165 e. The predicted octanol–water partition coefficient (Wildman–Crippen LogP) is 12.8. The van der Waals surface area contributed by atoms with Gasteiger partial charge in [-0.15, -0.1) is 0 Å². The molecular formula is C53H46N3OP. The monoisotopic (exact) mass is 771 g/mol. The molecule has 0 aliphatic heterocycles. The molecule has 12 rings (SSSR count). The first kappa shape index (κ1) is 35.5. The first-order valence-corrected chi connectivity index (χ1v) is 23.5. The number of benzene rings is 7. The normalized spacial score (nSPS) is 22.4. The van der Waals surface area contributed by atoms with E-state index in [0.717, 1.165) is 50.2 Å². The molecule has 1 aromatic heterocycles. The molecule has 0 spiro atoms. The van der Waals surface area contributed by atoms with Gasteiger partial charge in [0.1, 0.15) is 7.14 Å². The van der Waals surface area contributed by atoms with Gasteiger partial charge in [0.25, 0.3) is 0 Å². The molecule has 4 bridgehead atoms. The molecule has 0 radical (unpaired) electrons. The minimum atomic E-state index is -2.30. The maximum atomic E-state index is 12.7. The summed E-state index contributed by atoms with van der Waals surface area (Å²) in [6, 6.07) is 56.8.